The zero-order chi connectivity index (χ0) is 12.1. The van der Waals surface area contributed by atoms with E-state index in [1.165, 1.54) is 19.1 Å². The van der Waals surface area contributed by atoms with Crippen LogP contribution in [0, 0.1) is 5.82 Å². The van der Waals surface area contributed by atoms with Gasteiger partial charge in [0.25, 0.3) is 0 Å². The van der Waals surface area contributed by atoms with E-state index in [-0.39, 0.29) is 23.2 Å². The highest BCUT2D eigenvalue weighted by Crippen LogP contribution is 2.24. The van der Waals surface area contributed by atoms with E-state index in [0.29, 0.717) is 0 Å². The largest absolute Gasteiger partial charge is 0.427 e. The van der Waals surface area contributed by atoms with Crippen molar-refractivity contribution in [2.75, 3.05) is 5.88 Å². The number of benzene rings is 1. The second kappa shape index (κ2) is 5.46. The van der Waals surface area contributed by atoms with Gasteiger partial charge in [-0.05, 0) is 12.1 Å². The number of carbonyl (C=O) groups excluding carboxylic acids is 1. The van der Waals surface area contributed by atoms with Crippen LogP contribution in [0.2, 0.25) is 0 Å². The first-order valence-corrected chi connectivity index (χ1v) is 4.93. The molecule has 2 N–H and O–H groups in total. The average molecular weight is 245 g/mol. The van der Waals surface area contributed by atoms with Gasteiger partial charge in [0.2, 0.25) is 0 Å². The summed E-state index contributed by atoms with van der Waals surface area (Å²) >= 11 is 5.41. The predicted octanol–water partition coefficient (Wildman–Crippen LogP) is 1.98. The van der Waals surface area contributed by atoms with E-state index in [4.69, 9.17) is 22.1 Å². The van der Waals surface area contributed by atoms with E-state index in [2.05, 4.69) is 4.99 Å². The molecule has 0 radical (unpaired) electrons. The Kier molecular flexibility index (Phi) is 4.25. The number of alkyl halides is 1. The maximum Gasteiger partial charge on any atom is 0.308 e. The summed E-state index contributed by atoms with van der Waals surface area (Å²) in [5.74, 6) is -0.775. The highest BCUT2D eigenvalue weighted by molar-refractivity contribution is 6.28. The molecular weight excluding hydrogens is 235 g/mol. The number of nitrogens with two attached hydrogens (primary N) is 1. The number of nitrogens with zero attached hydrogens (tertiary/aromatic N) is 1. The molecule has 0 saturated carbocycles. The third-order valence-corrected chi connectivity index (χ3v) is 1.85. The maximum absolute atomic E-state index is 13.3. The molecule has 0 fully saturated rings. The summed E-state index contributed by atoms with van der Waals surface area (Å²) in [6.45, 7) is 1.25. The van der Waals surface area contributed by atoms with E-state index in [1.807, 2.05) is 0 Å². The molecule has 0 amide bonds. The Morgan fingerprint density at radius 3 is 2.88 bits per heavy atom. The molecule has 0 unspecified atom stereocenters. The van der Waals surface area contributed by atoms with E-state index < -0.39 is 11.8 Å². The van der Waals surface area contributed by atoms with Gasteiger partial charge in [-0.2, -0.15) is 0 Å². The van der Waals surface area contributed by atoms with Gasteiger partial charge in [0, 0.05) is 13.0 Å². The molecule has 0 aliphatic carbocycles. The van der Waals surface area contributed by atoms with Crippen LogP contribution in [0.15, 0.2) is 23.2 Å². The Morgan fingerprint density at radius 1 is 1.62 bits per heavy atom. The molecule has 0 aliphatic heterocycles. The Hall–Kier alpha value is -1.62. The summed E-state index contributed by atoms with van der Waals surface area (Å²) in [5, 5.41) is 0. The summed E-state index contributed by atoms with van der Waals surface area (Å²) in [5.41, 5.74) is 5.35. The first kappa shape index (κ1) is 12.4. The van der Waals surface area contributed by atoms with Crippen molar-refractivity contribution in [1.82, 2.24) is 0 Å². The van der Waals surface area contributed by atoms with Gasteiger partial charge in [0.1, 0.15) is 23.1 Å². The van der Waals surface area contributed by atoms with Crippen LogP contribution in [0.4, 0.5) is 10.1 Å². The lowest BCUT2D eigenvalue weighted by molar-refractivity contribution is -0.131. The SMILES string of the molecule is CC(=O)Oc1ccc(F)c(N=C(N)CCl)c1. The van der Waals surface area contributed by atoms with E-state index >= 15 is 0 Å². The number of hydrogen-bond acceptors (Lipinski definition) is 3. The van der Waals surface area contributed by atoms with E-state index in [9.17, 15) is 9.18 Å². The molecule has 0 aliphatic rings. The number of halogens is 2. The molecule has 4 nitrogen and oxygen atoms in total. The van der Waals surface area contributed by atoms with E-state index in [1.54, 1.807) is 0 Å². The number of amidine groups is 1. The third-order valence-electron chi connectivity index (χ3n) is 1.58. The van der Waals surface area contributed by atoms with Crippen LogP contribution in [0.25, 0.3) is 0 Å². The van der Waals surface area contributed by atoms with Crippen molar-refractivity contribution in [1.29, 1.82) is 0 Å². The number of aliphatic imine (C=N–C) groups is 1. The lowest BCUT2D eigenvalue weighted by Crippen LogP contribution is -2.12. The molecule has 1 aromatic carbocycles. The number of esters is 1. The van der Waals surface area contributed by atoms with E-state index in [0.717, 1.165) is 6.07 Å². The minimum Gasteiger partial charge on any atom is -0.427 e. The maximum atomic E-state index is 13.3. The van der Waals surface area contributed by atoms with Gasteiger partial charge in [-0.3, -0.25) is 4.79 Å². The van der Waals surface area contributed by atoms with Gasteiger partial charge in [-0.1, -0.05) is 0 Å². The summed E-state index contributed by atoms with van der Waals surface area (Å²) in [4.78, 5) is 14.4. The fourth-order valence-electron chi connectivity index (χ4n) is 0.992. The Morgan fingerprint density at radius 2 is 2.31 bits per heavy atom. The fraction of sp³-hybridized carbons (Fsp3) is 0.200. The standard InChI is InChI=1S/C10H10ClFN2O2/c1-6(15)16-7-2-3-8(12)9(4-7)14-10(13)5-11/h2-4H,5H2,1H3,(H2,13,14). The second-order valence-electron chi connectivity index (χ2n) is 2.94. The Labute approximate surface area is 96.9 Å². The molecule has 0 bridgehead atoms. The molecule has 1 rings (SSSR count). The molecular formula is C10H10ClFN2O2. The van der Waals surface area contributed by atoms with Gasteiger partial charge in [0.15, 0.2) is 0 Å². The minimum atomic E-state index is -0.566. The topological polar surface area (TPSA) is 64.7 Å². The van der Waals surface area contributed by atoms with Crippen molar-refractivity contribution in [3.05, 3.63) is 24.0 Å². The van der Waals surface area contributed by atoms with Gasteiger partial charge in [0.05, 0.1) is 5.88 Å². The molecule has 6 heteroatoms. The number of hydrogen-bond donors (Lipinski definition) is 1. The van der Waals surface area contributed by atoms with Crippen molar-refractivity contribution in [3.8, 4) is 5.75 Å². The van der Waals surface area contributed by atoms with Crippen LogP contribution in [0.3, 0.4) is 0 Å². The van der Waals surface area contributed by atoms with Crippen LogP contribution in [-0.4, -0.2) is 17.7 Å². The normalized spacial score (nSPS) is 11.3. The van der Waals surface area contributed by atoms with Crippen molar-refractivity contribution in [2.24, 2.45) is 10.7 Å². The van der Waals surface area contributed by atoms with Gasteiger partial charge >= 0.3 is 5.97 Å². The highest BCUT2D eigenvalue weighted by atomic mass is 35.5. The quantitative estimate of drug-likeness (QED) is 0.291. The molecule has 16 heavy (non-hydrogen) atoms. The van der Waals surface area contributed by atoms with Gasteiger partial charge < -0.3 is 10.5 Å². The molecule has 1 aromatic rings. The molecule has 0 spiro atoms. The number of carbonyl (C=O) groups is 1. The number of ether oxygens (including phenoxy) is 1. The molecule has 0 saturated heterocycles. The monoisotopic (exact) mass is 244 g/mol. The second-order valence-corrected chi connectivity index (χ2v) is 3.21. The van der Waals surface area contributed by atoms with Crippen LogP contribution >= 0.6 is 11.6 Å². The van der Waals surface area contributed by atoms with Crippen molar-refractivity contribution in [3.63, 3.8) is 0 Å². The third kappa shape index (κ3) is 3.51. The molecule has 0 atom stereocenters. The van der Waals surface area contributed by atoms with Crippen molar-refractivity contribution in [2.45, 2.75) is 6.92 Å². The minimum absolute atomic E-state index is 0.00274. The van der Waals surface area contributed by atoms with Gasteiger partial charge in [-0.15, -0.1) is 11.6 Å². The van der Waals surface area contributed by atoms with Gasteiger partial charge in [-0.25, -0.2) is 9.38 Å². The lowest BCUT2D eigenvalue weighted by Gasteiger charge is -2.03. The predicted molar refractivity (Wildman–Crippen MR) is 59.7 cm³/mol. The summed E-state index contributed by atoms with van der Waals surface area (Å²) < 4.78 is 18.0. The first-order valence-electron chi connectivity index (χ1n) is 4.40. The van der Waals surface area contributed by atoms with Crippen LogP contribution < -0.4 is 10.5 Å². The van der Waals surface area contributed by atoms with Crippen molar-refractivity contribution < 1.29 is 13.9 Å². The summed E-state index contributed by atoms with van der Waals surface area (Å²) in [6, 6.07) is 3.74. The summed E-state index contributed by atoms with van der Waals surface area (Å²) in [6.07, 6.45) is 0. The fourth-order valence-corrected chi connectivity index (χ4v) is 1.05. The van der Waals surface area contributed by atoms with Crippen molar-refractivity contribution >= 4 is 29.1 Å². The van der Waals surface area contributed by atoms with Crippen LogP contribution in [-0.2, 0) is 4.79 Å². The van der Waals surface area contributed by atoms with Crippen LogP contribution in [0.5, 0.6) is 5.75 Å². The highest BCUT2D eigenvalue weighted by Gasteiger charge is 2.05. The molecule has 86 valence electrons. The zero-order valence-corrected chi connectivity index (χ0v) is 9.29. The van der Waals surface area contributed by atoms with Crippen LogP contribution in [0.1, 0.15) is 6.92 Å². The lowest BCUT2D eigenvalue weighted by atomic mass is 10.3. The molecule has 0 heterocycles. The number of rotatable bonds is 3. The summed E-state index contributed by atoms with van der Waals surface area (Å²) in [7, 11) is 0. The Bertz CT molecular complexity index is 435. The molecule has 0 aromatic heterocycles. The smallest absolute Gasteiger partial charge is 0.308 e. The first-order chi connectivity index (χ1) is 7.52. The average Bonchev–Trinajstić information content (AvgIpc) is 2.22. The zero-order valence-electron chi connectivity index (χ0n) is 8.54. The Balaban J connectivity index is 3.03.